The summed E-state index contributed by atoms with van der Waals surface area (Å²) in [4.78, 5) is 1.36. The maximum Gasteiger partial charge on any atom is 0.0985 e. The molecule has 0 radical (unpaired) electrons. The van der Waals surface area contributed by atoms with Gasteiger partial charge < -0.3 is 0 Å². The monoisotopic (exact) mass is 267 g/mol. The first-order valence-corrected chi connectivity index (χ1v) is 7.30. The molecule has 19 heavy (non-hydrogen) atoms. The third-order valence-corrected chi connectivity index (χ3v) is 4.66. The van der Waals surface area contributed by atoms with Crippen molar-refractivity contribution in [3.8, 4) is 6.07 Å². The Morgan fingerprint density at radius 1 is 1.47 bits per heavy atom. The number of benzene rings is 1. The normalized spacial score (nSPS) is 18.9. The fourth-order valence-electron chi connectivity index (χ4n) is 2.29. The molecule has 96 valence electrons. The molecule has 1 atom stereocenters. The van der Waals surface area contributed by atoms with Crippen LogP contribution in [0.4, 0.5) is 0 Å². The van der Waals surface area contributed by atoms with Crippen LogP contribution in [0.3, 0.4) is 0 Å². The largest absolute Gasteiger partial charge is 0.192 e. The summed E-state index contributed by atoms with van der Waals surface area (Å²) < 4.78 is 0. The highest BCUT2D eigenvalue weighted by Gasteiger charge is 2.19. The average Bonchev–Trinajstić information content (AvgIpc) is 2.55. The maximum atomic E-state index is 8.79. The zero-order chi connectivity index (χ0) is 13.8. The van der Waals surface area contributed by atoms with Crippen LogP contribution in [-0.2, 0) is 0 Å². The Balaban J connectivity index is 2.40. The topological polar surface area (TPSA) is 23.8 Å². The highest BCUT2D eigenvalue weighted by molar-refractivity contribution is 7.99. The number of rotatable bonds is 2. The van der Waals surface area contributed by atoms with Crippen LogP contribution in [0.15, 0.2) is 64.6 Å². The first-order valence-electron chi connectivity index (χ1n) is 6.32. The second kappa shape index (κ2) is 5.95. The van der Waals surface area contributed by atoms with Gasteiger partial charge in [0.15, 0.2) is 0 Å². The molecule has 1 aromatic carbocycles. The molecule has 0 spiro atoms. The molecule has 0 bridgehead atoms. The number of fused-ring (bicyclic) bond motifs is 1. The highest BCUT2D eigenvalue weighted by Crippen LogP contribution is 2.39. The van der Waals surface area contributed by atoms with Gasteiger partial charge >= 0.3 is 0 Å². The molecule has 1 aromatic rings. The molecule has 0 saturated carbocycles. The van der Waals surface area contributed by atoms with E-state index in [2.05, 4.69) is 50.8 Å². The molecule has 2 rings (SSSR count). The third kappa shape index (κ3) is 3.00. The third-order valence-electron chi connectivity index (χ3n) is 3.40. The minimum absolute atomic E-state index is 0.356. The lowest BCUT2D eigenvalue weighted by molar-refractivity contribution is 0.885. The van der Waals surface area contributed by atoms with Crippen LogP contribution in [0.1, 0.15) is 25.3 Å². The summed E-state index contributed by atoms with van der Waals surface area (Å²) in [7, 11) is 0. The van der Waals surface area contributed by atoms with Gasteiger partial charge in [-0.2, -0.15) is 5.26 Å². The summed E-state index contributed by atoms with van der Waals surface area (Å²) in [5.74, 6) is 1.36. The second-order valence-electron chi connectivity index (χ2n) is 4.75. The van der Waals surface area contributed by atoms with Crippen molar-refractivity contribution in [2.75, 3.05) is 5.75 Å². The number of nitriles is 1. The van der Waals surface area contributed by atoms with Crippen LogP contribution in [-0.4, -0.2) is 5.75 Å². The Bertz CT molecular complexity index is 602. The lowest BCUT2D eigenvalue weighted by Gasteiger charge is -2.15. The Kier molecular flexibility index (Phi) is 4.29. The van der Waals surface area contributed by atoms with Crippen LogP contribution < -0.4 is 0 Å². The smallest absolute Gasteiger partial charge is 0.0985 e. The zero-order valence-corrected chi connectivity index (χ0v) is 12.1. The highest BCUT2D eigenvalue weighted by atomic mass is 32.2. The summed E-state index contributed by atoms with van der Waals surface area (Å²) in [6, 6.07) is 10.6. The van der Waals surface area contributed by atoms with Gasteiger partial charge in [-0.15, -0.1) is 11.8 Å². The van der Waals surface area contributed by atoms with E-state index in [0.29, 0.717) is 11.5 Å². The summed E-state index contributed by atoms with van der Waals surface area (Å²) in [5, 5.41) is 8.79. The minimum Gasteiger partial charge on any atom is -0.192 e. The van der Waals surface area contributed by atoms with E-state index in [1.54, 1.807) is 0 Å². The second-order valence-corrected chi connectivity index (χ2v) is 5.77. The van der Waals surface area contributed by atoms with Crippen LogP contribution in [0.2, 0.25) is 0 Å². The lowest BCUT2D eigenvalue weighted by atomic mass is 9.89. The van der Waals surface area contributed by atoms with Gasteiger partial charge in [0.1, 0.15) is 0 Å². The lowest BCUT2D eigenvalue weighted by Crippen LogP contribution is -1.98. The maximum absolute atomic E-state index is 8.79. The van der Waals surface area contributed by atoms with E-state index in [-0.39, 0.29) is 0 Å². The Labute approximate surface area is 119 Å². The Morgan fingerprint density at radius 3 is 2.95 bits per heavy atom. The van der Waals surface area contributed by atoms with Gasteiger partial charge in [-0.25, -0.2) is 0 Å². The van der Waals surface area contributed by atoms with E-state index < -0.39 is 0 Å². The summed E-state index contributed by atoms with van der Waals surface area (Å²) in [6.07, 6.45) is 3.86. The molecule has 0 saturated heterocycles. The molecule has 0 aliphatic carbocycles. The SMILES string of the molecule is C=C(C#N)/C=C\C1=C(C)CSc2ccccc2C1C. The van der Waals surface area contributed by atoms with Crippen molar-refractivity contribution in [2.24, 2.45) is 0 Å². The van der Waals surface area contributed by atoms with Crippen molar-refractivity contribution in [1.29, 1.82) is 5.26 Å². The average molecular weight is 267 g/mol. The van der Waals surface area contributed by atoms with Gasteiger partial charge in [-0.3, -0.25) is 0 Å². The fraction of sp³-hybridized carbons (Fsp3) is 0.235. The molecule has 0 amide bonds. The Morgan fingerprint density at radius 2 is 2.21 bits per heavy atom. The predicted molar refractivity (Wildman–Crippen MR) is 82.2 cm³/mol. The van der Waals surface area contributed by atoms with Crippen molar-refractivity contribution in [2.45, 2.75) is 24.7 Å². The molecule has 1 heterocycles. The predicted octanol–water partition coefficient (Wildman–Crippen LogP) is 4.85. The molecule has 1 unspecified atom stereocenters. The number of nitrogens with zero attached hydrogens (tertiary/aromatic N) is 1. The number of hydrogen-bond acceptors (Lipinski definition) is 2. The van der Waals surface area contributed by atoms with Crippen molar-refractivity contribution >= 4 is 11.8 Å². The van der Waals surface area contributed by atoms with E-state index in [9.17, 15) is 0 Å². The Hall–Kier alpha value is -1.72. The molecular weight excluding hydrogens is 250 g/mol. The van der Waals surface area contributed by atoms with Crippen LogP contribution >= 0.6 is 11.8 Å². The number of thioether (sulfide) groups is 1. The van der Waals surface area contributed by atoms with E-state index in [1.807, 2.05) is 23.9 Å². The molecule has 0 aromatic heterocycles. The first kappa shape index (κ1) is 13.7. The van der Waals surface area contributed by atoms with Crippen molar-refractivity contribution in [3.05, 3.63) is 65.3 Å². The van der Waals surface area contributed by atoms with Crippen LogP contribution in [0.25, 0.3) is 0 Å². The van der Waals surface area contributed by atoms with Crippen LogP contribution in [0, 0.1) is 11.3 Å². The minimum atomic E-state index is 0.356. The van der Waals surface area contributed by atoms with Crippen molar-refractivity contribution in [3.63, 3.8) is 0 Å². The van der Waals surface area contributed by atoms with Crippen LogP contribution in [0.5, 0.6) is 0 Å². The number of allylic oxidation sites excluding steroid dienone is 4. The molecule has 0 N–H and O–H groups in total. The molecule has 1 aliphatic rings. The van der Waals surface area contributed by atoms with E-state index in [0.717, 1.165) is 5.75 Å². The van der Waals surface area contributed by atoms with E-state index in [4.69, 9.17) is 5.26 Å². The summed E-state index contributed by atoms with van der Waals surface area (Å²) in [6.45, 7) is 8.10. The van der Waals surface area contributed by atoms with Gasteiger partial charge in [0.05, 0.1) is 6.07 Å². The molecular formula is C17H17NS. The summed E-state index contributed by atoms with van der Waals surface area (Å²) >= 11 is 1.89. The first-order chi connectivity index (χ1) is 9.13. The van der Waals surface area contributed by atoms with Gasteiger partial charge in [0.2, 0.25) is 0 Å². The van der Waals surface area contributed by atoms with E-state index in [1.165, 1.54) is 21.6 Å². The van der Waals surface area contributed by atoms with Gasteiger partial charge in [0, 0.05) is 22.1 Å². The zero-order valence-electron chi connectivity index (χ0n) is 11.3. The number of hydrogen-bond donors (Lipinski definition) is 0. The molecule has 2 heteroatoms. The van der Waals surface area contributed by atoms with Crippen molar-refractivity contribution < 1.29 is 0 Å². The molecule has 1 nitrogen and oxygen atoms in total. The molecule has 1 aliphatic heterocycles. The fourth-order valence-corrected chi connectivity index (χ4v) is 3.42. The quantitative estimate of drug-likeness (QED) is 0.565. The van der Waals surface area contributed by atoms with Gasteiger partial charge in [-0.05, 0) is 30.2 Å². The van der Waals surface area contributed by atoms with Gasteiger partial charge in [-0.1, -0.05) is 43.4 Å². The van der Waals surface area contributed by atoms with Gasteiger partial charge in [0.25, 0.3) is 0 Å². The standard InChI is InChI=1S/C17H17NS/c1-12(10-18)8-9-15-13(2)11-19-17-7-5-4-6-16(17)14(15)3/h4-9,14H,1,11H2,2-3H3/b9-8-. The van der Waals surface area contributed by atoms with E-state index >= 15 is 0 Å². The molecule has 0 fully saturated rings. The summed E-state index contributed by atoms with van der Waals surface area (Å²) in [5.41, 5.74) is 4.54. The van der Waals surface area contributed by atoms with Crippen molar-refractivity contribution in [1.82, 2.24) is 0 Å².